The molecule has 1 aromatic rings. The van der Waals surface area contributed by atoms with E-state index in [4.69, 9.17) is 22.2 Å². The molecular weight excluding hydrogens is 267 g/mol. The van der Waals surface area contributed by atoms with Gasteiger partial charge in [0, 0.05) is 23.7 Å². The third-order valence-corrected chi connectivity index (χ3v) is 3.75. The van der Waals surface area contributed by atoms with E-state index in [1.54, 1.807) is 19.2 Å². The summed E-state index contributed by atoms with van der Waals surface area (Å²) >= 11 is 6.01. The van der Waals surface area contributed by atoms with Gasteiger partial charge in [0.1, 0.15) is 5.82 Å². The van der Waals surface area contributed by atoms with Gasteiger partial charge in [0.25, 0.3) is 0 Å². The molecule has 0 aliphatic rings. The first-order valence-electron chi connectivity index (χ1n) is 6.34. The maximum Gasteiger partial charge on any atom is 0.127 e. The van der Waals surface area contributed by atoms with Crippen LogP contribution in [0.15, 0.2) is 18.2 Å². The Morgan fingerprint density at radius 2 is 2.16 bits per heavy atom. The molecule has 0 radical (unpaired) electrons. The van der Waals surface area contributed by atoms with Gasteiger partial charge in [0.05, 0.1) is 5.60 Å². The number of halogens is 2. The number of rotatable bonds is 7. The second-order valence-electron chi connectivity index (χ2n) is 5.27. The third kappa shape index (κ3) is 5.07. The van der Waals surface area contributed by atoms with Crippen molar-refractivity contribution in [3.63, 3.8) is 0 Å². The van der Waals surface area contributed by atoms with Crippen LogP contribution in [0.5, 0.6) is 0 Å². The van der Waals surface area contributed by atoms with Gasteiger partial charge in [0.15, 0.2) is 0 Å². The predicted octanol–water partition coefficient (Wildman–Crippen LogP) is 3.06. The summed E-state index contributed by atoms with van der Waals surface area (Å²) in [6, 6.07) is 4.66. The number of hydrogen-bond acceptors (Lipinski definition) is 3. The first kappa shape index (κ1) is 16.4. The van der Waals surface area contributed by atoms with Crippen molar-refractivity contribution in [2.24, 2.45) is 5.84 Å². The third-order valence-electron chi connectivity index (χ3n) is 3.40. The van der Waals surface area contributed by atoms with Gasteiger partial charge < -0.3 is 4.74 Å². The first-order valence-corrected chi connectivity index (χ1v) is 6.71. The Morgan fingerprint density at radius 3 is 2.68 bits per heavy atom. The average Bonchev–Trinajstić information content (AvgIpc) is 2.37. The van der Waals surface area contributed by atoms with Crippen molar-refractivity contribution in [3.05, 3.63) is 34.6 Å². The van der Waals surface area contributed by atoms with Crippen LogP contribution in [0, 0.1) is 5.82 Å². The molecule has 0 amide bonds. The molecule has 0 spiro atoms. The zero-order valence-corrected chi connectivity index (χ0v) is 12.4. The van der Waals surface area contributed by atoms with Gasteiger partial charge in [-0.3, -0.25) is 11.3 Å². The Labute approximate surface area is 119 Å². The second-order valence-corrected chi connectivity index (χ2v) is 5.68. The molecule has 0 saturated carbocycles. The van der Waals surface area contributed by atoms with Crippen molar-refractivity contribution in [1.29, 1.82) is 0 Å². The summed E-state index contributed by atoms with van der Waals surface area (Å²) in [5.74, 6) is 5.24. The van der Waals surface area contributed by atoms with Crippen LogP contribution in [-0.2, 0) is 11.2 Å². The second kappa shape index (κ2) is 7.20. The van der Waals surface area contributed by atoms with Crippen molar-refractivity contribution in [3.8, 4) is 0 Å². The normalized spacial score (nSPS) is 13.6. The molecule has 0 fully saturated rings. The number of nitrogens with one attached hydrogen (secondary N) is 1. The van der Waals surface area contributed by atoms with E-state index in [9.17, 15) is 4.39 Å². The Hall–Kier alpha value is -0.680. The van der Waals surface area contributed by atoms with Gasteiger partial charge >= 0.3 is 0 Å². The Kier molecular flexibility index (Phi) is 6.20. The molecule has 0 aliphatic carbocycles. The number of nitrogens with two attached hydrogens (primary N) is 1. The van der Waals surface area contributed by atoms with Crippen molar-refractivity contribution in [2.75, 3.05) is 7.11 Å². The van der Waals surface area contributed by atoms with Gasteiger partial charge in [-0.25, -0.2) is 4.39 Å². The monoisotopic (exact) mass is 288 g/mol. The van der Waals surface area contributed by atoms with Crippen LogP contribution in [0.4, 0.5) is 4.39 Å². The van der Waals surface area contributed by atoms with Gasteiger partial charge in [-0.1, -0.05) is 17.7 Å². The Balaban J connectivity index is 2.67. The molecule has 3 N–H and O–H groups in total. The van der Waals surface area contributed by atoms with Crippen molar-refractivity contribution >= 4 is 11.6 Å². The fourth-order valence-corrected chi connectivity index (χ4v) is 2.08. The molecule has 1 atom stereocenters. The SMILES string of the molecule is COC(C)(C)CCC(Cc1c(F)cccc1Cl)NN. The molecule has 108 valence electrons. The van der Waals surface area contributed by atoms with E-state index in [2.05, 4.69) is 5.43 Å². The van der Waals surface area contributed by atoms with E-state index in [1.807, 2.05) is 13.8 Å². The molecule has 1 aromatic carbocycles. The Morgan fingerprint density at radius 1 is 1.47 bits per heavy atom. The predicted molar refractivity (Wildman–Crippen MR) is 76.5 cm³/mol. The summed E-state index contributed by atoms with van der Waals surface area (Å²) in [6.45, 7) is 4.02. The molecule has 19 heavy (non-hydrogen) atoms. The lowest BCUT2D eigenvalue weighted by Crippen LogP contribution is -2.38. The highest BCUT2D eigenvalue weighted by molar-refractivity contribution is 6.31. The first-order chi connectivity index (χ1) is 8.89. The highest BCUT2D eigenvalue weighted by Gasteiger charge is 2.20. The van der Waals surface area contributed by atoms with Crippen LogP contribution in [0.2, 0.25) is 5.02 Å². The molecule has 0 heterocycles. The number of benzene rings is 1. The smallest absolute Gasteiger partial charge is 0.127 e. The molecule has 1 unspecified atom stereocenters. The zero-order valence-electron chi connectivity index (χ0n) is 11.7. The summed E-state index contributed by atoms with van der Waals surface area (Å²) < 4.78 is 19.1. The molecule has 0 aromatic heterocycles. The summed E-state index contributed by atoms with van der Waals surface area (Å²) in [5, 5.41) is 0.436. The van der Waals surface area contributed by atoms with Crippen LogP contribution in [0.25, 0.3) is 0 Å². The van der Waals surface area contributed by atoms with E-state index in [-0.39, 0.29) is 17.5 Å². The number of hydrogen-bond donors (Lipinski definition) is 2. The zero-order chi connectivity index (χ0) is 14.5. The maximum atomic E-state index is 13.7. The van der Waals surface area contributed by atoms with Crippen molar-refractivity contribution in [1.82, 2.24) is 5.43 Å². The molecule has 0 saturated heterocycles. The molecule has 5 heteroatoms. The minimum absolute atomic E-state index is 0.0381. The summed E-state index contributed by atoms with van der Waals surface area (Å²) in [5.41, 5.74) is 3.01. The minimum atomic E-state index is -0.293. The average molecular weight is 289 g/mol. The fraction of sp³-hybridized carbons (Fsp3) is 0.571. The van der Waals surface area contributed by atoms with E-state index in [0.717, 1.165) is 12.8 Å². The molecule has 1 rings (SSSR count). The van der Waals surface area contributed by atoms with Crippen LogP contribution in [0.3, 0.4) is 0 Å². The van der Waals surface area contributed by atoms with Gasteiger partial charge in [-0.2, -0.15) is 0 Å². The van der Waals surface area contributed by atoms with Gasteiger partial charge in [0.2, 0.25) is 0 Å². The fourth-order valence-electron chi connectivity index (χ4n) is 1.84. The molecule has 0 bridgehead atoms. The standard InChI is InChI=1S/C14H22ClFN2O/c1-14(2,19-3)8-7-10(18-17)9-11-12(15)5-4-6-13(11)16/h4-6,10,18H,7-9,17H2,1-3H3. The molecular formula is C14H22ClFN2O. The lowest BCUT2D eigenvalue weighted by Gasteiger charge is -2.26. The molecule has 0 aliphatic heterocycles. The number of methoxy groups -OCH3 is 1. The lowest BCUT2D eigenvalue weighted by atomic mass is 9.95. The van der Waals surface area contributed by atoms with E-state index in [1.165, 1.54) is 6.07 Å². The summed E-state index contributed by atoms with van der Waals surface area (Å²) in [4.78, 5) is 0. The number of hydrazine groups is 1. The van der Waals surface area contributed by atoms with Gasteiger partial charge in [-0.15, -0.1) is 0 Å². The van der Waals surface area contributed by atoms with Crippen LogP contribution >= 0.6 is 11.6 Å². The van der Waals surface area contributed by atoms with Crippen LogP contribution in [0.1, 0.15) is 32.3 Å². The number of ether oxygens (including phenoxy) is 1. The molecule has 3 nitrogen and oxygen atoms in total. The van der Waals surface area contributed by atoms with Crippen LogP contribution in [-0.4, -0.2) is 18.8 Å². The summed E-state index contributed by atoms with van der Waals surface area (Å²) in [7, 11) is 1.68. The summed E-state index contributed by atoms with van der Waals surface area (Å²) in [6.07, 6.45) is 2.06. The minimum Gasteiger partial charge on any atom is -0.379 e. The Bertz CT molecular complexity index is 392. The van der Waals surface area contributed by atoms with E-state index in [0.29, 0.717) is 17.0 Å². The highest BCUT2D eigenvalue weighted by Crippen LogP contribution is 2.23. The van der Waals surface area contributed by atoms with Crippen LogP contribution < -0.4 is 11.3 Å². The topological polar surface area (TPSA) is 47.3 Å². The van der Waals surface area contributed by atoms with Crippen molar-refractivity contribution in [2.45, 2.75) is 44.8 Å². The van der Waals surface area contributed by atoms with E-state index < -0.39 is 0 Å². The van der Waals surface area contributed by atoms with Crippen molar-refractivity contribution < 1.29 is 9.13 Å². The lowest BCUT2D eigenvalue weighted by molar-refractivity contribution is 0.0117. The van der Waals surface area contributed by atoms with Gasteiger partial charge in [-0.05, 0) is 45.2 Å². The largest absolute Gasteiger partial charge is 0.379 e. The highest BCUT2D eigenvalue weighted by atomic mass is 35.5. The van der Waals surface area contributed by atoms with E-state index >= 15 is 0 Å². The maximum absolute atomic E-state index is 13.7. The quantitative estimate of drug-likeness (QED) is 0.599.